The van der Waals surface area contributed by atoms with Gasteiger partial charge in [0.15, 0.2) is 0 Å². The van der Waals surface area contributed by atoms with Gasteiger partial charge in [-0.3, -0.25) is 0 Å². The van der Waals surface area contributed by atoms with E-state index < -0.39 is 0 Å². The maximum atomic E-state index is 5.77. The molecule has 0 heterocycles. The Kier molecular flexibility index (Phi) is 2.59. The van der Waals surface area contributed by atoms with Crippen LogP contribution in [0.1, 0.15) is 31.7 Å². The van der Waals surface area contributed by atoms with Crippen LogP contribution in [0, 0.1) is 12.3 Å². The highest BCUT2D eigenvalue weighted by molar-refractivity contribution is 5.59. The number of aryl methyl sites for hydroxylation is 1. The Morgan fingerprint density at radius 2 is 2.13 bits per heavy atom. The Bertz CT molecular complexity index is 354. The molecule has 1 saturated carbocycles. The van der Waals surface area contributed by atoms with E-state index in [1.54, 1.807) is 0 Å². The van der Waals surface area contributed by atoms with E-state index in [2.05, 4.69) is 25.2 Å². The van der Waals surface area contributed by atoms with Crippen molar-refractivity contribution in [2.24, 2.45) is 5.41 Å². The lowest BCUT2D eigenvalue weighted by Crippen LogP contribution is -2.33. The SMILES string of the molecule is Cc1ccc(N)cc1NCC1(C)CCC1. The average molecular weight is 204 g/mol. The molecule has 0 saturated heterocycles. The zero-order valence-electron chi connectivity index (χ0n) is 9.64. The maximum absolute atomic E-state index is 5.77. The van der Waals surface area contributed by atoms with Gasteiger partial charge in [0.1, 0.15) is 0 Å². The lowest BCUT2D eigenvalue weighted by atomic mass is 9.70. The average Bonchev–Trinajstić information content (AvgIpc) is 2.17. The number of benzene rings is 1. The smallest absolute Gasteiger partial charge is 0.0390 e. The molecule has 1 aliphatic rings. The molecular formula is C13H20N2. The van der Waals surface area contributed by atoms with Gasteiger partial charge < -0.3 is 11.1 Å². The lowest BCUT2D eigenvalue weighted by Gasteiger charge is -2.38. The first kappa shape index (κ1) is 10.3. The van der Waals surface area contributed by atoms with Gasteiger partial charge >= 0.3 is 0 Å². The second-order valence-corrected chi connectivity index (χ2v) is 5.09. The highest BCUT2D eigenvalue weighted by Gasteiger charge is 2.31. The Balaban J connectivity index is 2.01. The van der Waals surface area contributed by atoms with Gasteiger partial charge in [0.2, 0.25) is 0 Å². The number of hydrogen-bond acceptors (Lipinski definition) is 2. The van der Waals surface area contributed by atoms with Crippen LogP contribution in [0.2, 0.25) is 0 Å². The van der Waals surface area contributed by atoms with Crippen molar-refractivity contribution in [3.8, 4) is 0 Å². The van der Waals surface area contributed by atoms with Crippen LogP contribution in [-0.4, -0.2) is 6.54 Å². The molecule has 0 atom stereocenters. The summed E-state index contributed by atoms with van der Waals surface area (Å²) in [5.74, 6) is 0. The highest BCUT2D eigenvalue weighted by atomic mass is 14.9. The van der Waals surface area contributed by atoms with E-state index in [0.29, 0.717) is 5.41 Å². The summed E-state index contributed by atoms with van der Waals surface area (Å²) in [5, 5.41) is 3.52. The molecule has 0 aliphatic heterocycles. The Labute approximate surface area is 91.9 Å². The van der Waals surface area contributed by atoms with E-state index >= 15 is 0 Å². The van der Waals surface area contributed by atoms with E-state index in [1.165, 1.54) is 30.5 Å². The van der Waals surface area contributed by atoms with E-state index in [1.807, 2.05) is 12.1 Å². The molecule has 0 spiro atoms. The van der Waals surface area contributed by atoms with Gasteiger partial charge in [-0.25, -0.2) is 0 Å². The molecular weight excluding hydrogens is 184 g/mol. The normalized spacial score (nSPS) is 18.3. The van der Waals surface area contributed by atoms with Gasteiger partial charge in [-0.15, -0.1) is 0 Å². The van der Waals surface area contributed by atoms with Gasteiger partial charge in [-0.05, 0) is 42.9 Å². The summed E-state index contributed by atoms with van der Waals surface area (Å²) >= 11 is 0. The fraction of sp³-hybridized carbons (Fsp3) is 0.538. The van der Waals surface area contributed by atoms with E-state index in [9.17, 15) is 0 Å². The van der Waals surface area contributed by atoms with Gasteiger partial charge in [-0.2, -0.15) is 0 Å². The number of nitrogens with one attached hydrogen (secondary N) is 1. The minimum absolute atomic E-state index is 0.511. The van der Waals surface area contributed by atoms with E-state index in [-0.39, 0.29) is 0 Å². The number of hydrogen-bond donors (Lipinski definition) is 2. The summed E-state index contributed by atoms with van der Waals surface area (Å²) in [6.45, 7) is 5.54. The second-order valence-electron chi connectivity index (χ2n) is 5.09. The van der Waals surface area contributed by atoms with Crippen LogP contribution in [0.25, 0.3) is 0 Å². The van der Waals surface area contributed by atoms with Crippen LogP contribution >= 0.6 is 0 Å². The van der Waals surface area contributed by atoms with Crippen molar-refractivity contribution in [2.75, 3.05) is 17.6 Å². The molecule has 0 amide bonds. The quantitative estimate of drug-likeness (QED) is 0.742. The first-order valence-electron chi connectivity index (χ1n) is 5.69. The number of anilines is 2. The van der Waals surface area contributed by atoms with Crippen molar-refractivity contribution in [2.45, 2.75) is 33.1 Å². The van der Waals surface area contributed by atoms with Crippen molar-refractivity contribution in [3.05, 3.63) is 23.8 Å². The number of nitrogens with two attached hydrogens (primary N) is 1. The van der Waals surface area contributed by atoms with Crippen molar-refractivity contribution in [3.63, 3.8) is 0 Å². The first-order valence-corrected chi connectivity index (χ1v) is 5.69. The van der Waals surface area contributed by atoms with Crippen LogP contribution in [-0.2, 0) is 0 Å². The molecule has 0 bridgehead atoms. The number of nitrogen functional groups attached to an aromatic ring is 1. The minimum atomic E-state index is 0.511. The van der Waals surface area contributed by atoms with Crippen molar-refractivity contribution >= 4 is 11.4 Å². The fourth-order valence-corrected chi connectivity index (χ4v) is 2.10. The van der Waals surface area contributed by atoms with Crippen molar-refractivity contribution in [1.82, 2.24) is 0 Å². The largest absolute Gasteiger partial charge is 0.399 e. The third-order valence-electron chi connectivity index (χ3n) is 3.53. The predicted octanol–water partition coefficient (Wildman–Crippen LogP) is 3.18. The fourth-order valence-electron chi connectivity index (χ4n) is 2.10. The molecule has 0 aromatic heterocycles. The van der Waals surface area contributed by atoms with Gasteiger partial charge in [-0.1, -0.05) is 19.4 Å². The van der Waals surface area contributed by atoms with Crippen LogP contribution in [0.3, 0.4) is 0 Å². The summed E-state index contributed by atoms with van der Waals surface area (Å²) in [6.07, 6.45) is 4.08. The zero-order chi connectivity index (χ0) is 10.9. The molecule has 15 heavy (non-hydrogen) atoms. The molecule has 2 nitrogen and oxygen atoms in total. The van der Waals surface area contributed by atoms with Crippen molar-refractivity contribution in [1.29, 1.82) is 0 Å². The maximum Gasteiger partial charge on any atom is 0.0390 e. The highest BCUT2D eigenvalue weighted by Crippen LogP contribution is 2.40. The zero-order valence-corrected chi connectivity index (χ0v) is 9.64. The molecule has 1 aliphatic carbocycles. The number of rotatable bonds is 3. The minimum Gasteiger partial charge on any atom is -0.399 e. The molecule has 2 rings (SSSR count). The molecule has 82 valence electrons. The Morgan fingerprint density at radius 3 is 2.73 bits per heavy atom. The summed E-state index contributed by atoms with van der Waals surface area (Å²) in [6, 6.07) is 6.05. The van der Waals surface area contributed by atoms with Gasteiger partial charge in [0, 0.05) is 17.9 Å². The van der Waals surface area contributed by atoms with E-state index in [4.69, 9.17) is 5.73 Å². The summed E-state index contributed by atoms with van der Waals surface area (Å²) in [5.41, 5.74) is 9.57. The van der Waals surface area contributed by atoms with Crippen LogP contribution in [0.15, 0.2) is 18.2 Å². The summed E-state index contributed by atoms with van der Waals surface area (Å²) in [4.78, 5) is 0. The van der Waals surface area contributed by atoms with Crippen LogP contribution < -0.4 is 11.1 Å². The molecule has 1 fully saturated rings. The van der Waals surface area contributed by atoms with Gasteiger partial charge in [0.25, 0.3) is 0 Å². The standard InChI is InChI=1S/C13H20N2/c1-10-4-5-11(14)8-12(10)15-9-13(2)6-3-7-13/h4-5,8,15H,3,6-7,9,14H2,1-2H3. The van der Waals surface area contributed by atoms with Crippen LogP contribution in [0.5, 0.6) is 0 Å². The monoisotopic (exact) mass is 204 g/mol. The molecule has 0 unspecified atom stereocenters. The molecule has 2 heteroatoms. The summed E-state index contributed by atoms with van der Waals surface area (Å²) in [7, 11) is 0. The summed E-state index contributed by atoms with van der Waals surface area (Å²) < 4.78 is 0. The third-order valence-corrected chi connectivity index (χ3v) is 3.53. The molecule has 0 radical (unpaired) electrons. The molecule has 1 aromatic rings. The Morgan fingerprint density at radius 1 is 1.40 bits per heavy atom. The Hall–Kier alpha value is -1.18. The van der Waals surface area contributed by atoms with E-state index in [0.717, 1.165) is 12.2 Å². The predicted molar refractivity (Wildman–Crippen MR) is 66.0 cm³/mol. The molecule has 3 N–H and O–H groups in total. The third kappa shape index (κ3) is 2.25. The topological polar surface area (TPSA) is 38.0 Å². The lowest BCUT2D eigenvalue weighted by molar-refractivity contribution is 0.180. The van der Waals surface area contributed by atoms with Crippen LogP contribution in [0.4, 0.5) is 11.4 Å². The first-order chi connectivity index (χ1) is 7.09. The van der Waals surface area contributed by atoms with Crippen molar-refractivity contribution < 1.29 is 0 Å². The molecule has 1 aromatic carbocycles. The van der Waals surface area contributed by atoms with Gasteiger partial charge in [0.05, 0.1) is 0 Å². The second kappa shape index (κ2) is 3.76.